The van der Waals surface area contributed by atoms with E-state index in [-0.39, 0.29) is 40.4 Å². The molecule has 46 heavy (non-hydrogen) atoms. The van der Waals surface area contributed by atoms with Gasteiger partial charge in [-0.05, 0) is 35.5 Å². The Balaban J connectivity index is 1.23. The standard InChI is InChI=1S/C30H28ClN6O8P/c1-17(29(40)42-14-18-8-3-2-4-9-18)36-46(41,45-21-13-7-11-19-10-5-6-12-20(19)21)43-15-22-24(38)25(39)28(44-22)37-27-23(35-30(37)31)26(32)33-16-34-27/h2-13,16-17,25,28,38-39H,14-15H2,1H3,(H,36,41)(H2,32,33,34)/t17-,25?,28+,46?/m0/s1. The highest BCUT2D eigenvalue weighted by atomic mass is 35.5. The summed E-state index contributed by atoms with van der Waals surface area (Å²) in [4.78, 5) is 25.0. The van der Waals surface area contributed by atoms with Crippen molar-refractivity contribution in [2.24, 2.45) is 0 Å². The Hall–Kier alpha value is -4.72. The van der Waals surface area contributed by atoms with E-state index in [2.05, 4.69) is 20.0 Å². The number of hydrogen-bond acceptors (Lipinski definition) is 12. The van der Waals surface area contributed by atoms with Crippen molar-refractivity contribution in [3.63, 3.8) is 0 Å². The summed E-state index contributed by atoms with van der Waals surface area (Å²) in [6.45, 7) is 0.788. The number of hydrogen-bond donors (Lipinski definition) is 4. The highest BCUT2D eigenvalue weighted by Gasteiger charge is 2.41. The summed E-state index contributed by atoms with van der Waals surface area (Å²) >= 11 is 6.31. The van der Waals surface area contributed by atoms with Gasteiger partial charge in [0.25, 0.3) is 0 Å². The van der Waals surface area contributed by atoms with E-state index in [1.165, 1.54) is 17.8 Å². The van der Waals surface area contributed by atoms with Gasteiger partial charge in [-0.25, -0.2) is 19.5 Å². The molecule has 16 heteroatoms. The SMILES string of the molecule is C[C@H](NP(=O)(OCC1=C(O)C(O)[C@H](n2c(Cl)nc3c(N)ncnc32)O1)Oc1cccc2ccccc12)C(=O)OCc1ccccc1. The summed E-state index contributed by atoms with van der Waals surface area (Å²) in [5.74, 6) is -1.35. The number of nitrogens with one attached hydrogen (secondary N) is 1. The first-order chi connectivity index (χ1) is 22.1. The molecule has 3 aromatic carbocycles. The molecule has 4 atom stereocenters. The third-order valence-corrected chi connectivity index (χ3v) is 8.95. The van der Waals surface area contributed by atoms with Gasteiger partial charge in [0, 0.05) is 5.39 Å². The van der Waals surface area contributed by atoms with E-state index in [1.54, 1.807) is 36.4 Å². The van der Waals surface area contributed by atoms with Gasteiger partial charge in [0.1, 0.15) is 31.3 Å². The molecular formula is C30H28ClN6O8P. The molecule has 0 radical (unpaired) electrons. The first kappa shape index (κ1) is 31.3. The second-order valence-electron chi connectivity index (χ2n) is 10.2. The molecular weight excluding hydrogens is 639 g/mol. The smallest absolute Gasteiger partial charge is 0.459 e. The molecule has 0 saturated carbocycles. The Morgan fingerprint density at radius 1 is 1.11 bits per heavy atom. The quantitative estimate of drug-likeness (QED) is 0.0854. The number of benzene rings is 3. The molecule has 0 spiro atoms. The van der Waals surface area contributed by atoms with E-state index in [1.807, 2.05) is 36.4 Å². The van der Waals surface area contributed by atoms with Crippen LogP contribution in [0.4, 0.5) is 5.82 Å². The van der Waals surface area contributed by atoms with Crippen LogP contribution in [0.3, 0.4) is 0 Å². The van der Waals surface area contributed by atoms with Crippen molar-refractivity contribution in [1.82, 2.24) is 24.6 Å². The van der Waals surface area contributed by atoms with Gasteiger partial charge in [-0.3, -0.25) is 13.9 Å². The number of carbonyl (C=O) groups excluding carboxylic acids is 1. The van der Waals surface area contributed by atoms with Crippen LogP contribution < -0.4 is 15.3 Å². The fourth-order valence-corrected chi connectivity index (χ4v) is 6.51. The molecule has 0 saturated heterocycles. The first-order valence-electron chi connectivity index (χ1n) is 13.9. The number of nitrogens with two attached hydrogens (primary N) is 1. The molecule has 0 bridgehead atoms. The molecule has 3 heterocycles. The van der Waals surface area contributed by atoms with Crippen molar-refractivity contribution in [3.05, 3.63) is 101 Å². The largest absolute Gasteiger partial charge is 0.506 e. The third kappa shape index (κ3) is 6.34. The lowest BCUT2D eigenvalue weighted by Gasteiger charge is -2.24. The zero-order valence-electron chi connectivity index (χ0n) is 24.2. The Labute approximate surface area is 266 Å². The van der Waals surface area contributed by atoms with Crippen LogP contribution in [0.25, 0.3) is 21.9 Å². The lowest BCUT2D eigenvalue weighted by molar-refractivity contribution is -0.146. The Bertz CT molecular complexity index is 1990. The molecule has 0 fully saturated rings. The molecule has 1 aliphatic heterocycles. The number of nitrogen functional groups attached to an aromatic ring is 1. The third-order valence-electron chi connectivity index (χ3n) is 7.08. The van der Waals surface area contributed by atoms with Gasteiger partial charge in [-0.15, -0.1) is 0 Å². The number of aliphatic hydroxyl groups is 2. The molecule has 5 aromatic rings. The number of halogens is 1. The van der Waals surface area contributed by atoms with Gasteiger partial charge in [0.2, 0.25) is 11.5 Å². The summed E-state index contributed by atoms with van der Waals surface area (Å²) in [6, 6.07) is 20.3. The van der Waals surface area contributed by atoms with Gasteiger partial charge in [0.15, 0.2) is 34.6 Å². The predicted molar refractivity (Wildman–Crippen MR) is 167 cm³/mol. The minimum absolute atomic E-state index is 0.00301. The Morgan fingerprint density at radius 3 is 2.65 bits per heavy atom. The molecule has 0 aliphatic carbocycles. The van der Waals surface area contributed by atoms with E-state index >= 15 is 0 Å². The van der Waals surface area contributed by atoms with Crippen LogP contribution in [0.1, 0.15) is 18.7 Å². The normalized spacial score (nSPS) is 18.3. The number of fused-ring (bicyclic) bond motifs is 2. The van der Waals surface area contributed by atoms with Crippen LogP contribution in [0.15, 0.2) is 90.6 Å². The van der Waals surface area contributed by atoms with Crippen LogP contribution in [-0.2, 0) is 30.0 Å². The van der Waals surface area contributed by atoms with Gasteiger partial charge < -0.3 is 29.9 Å². The topological polar surface area (TPSA) is 193 Å². The summed E-state index contributed by atoms with van der Waals surface area (Å²) in [5, 5.41) is 25.6. The molecule has 5 N–H and O–H groups in total. The van der Waals surface area contributed by atoms with E-state index in [0.717, 1.165) is 10.9 Å². The number of nitrogens with zero attached hydrogens (tertiary/aromatic N) is 4. The maximum atomic E-state index is 14.3. The molecule has 238 valence electrons. The van der Waals surface area contributed by atoms with Crippen LogP contribution in [0.2, 0.25) is 5.28 Å². The zero-order valence-corrected chi connectivity index (χ0v) is 25.8. The first-order valence-corrected chi connectivity index (χ1v) is 15.9. The van der Waals surface area contributed by atoms with Crippen LogP contribution in [-0.4, -0.2) is 54.5 Å². The van der Waals surface area contributed by atoms with E-state index < -0.39 is 44.5 Å². The van der Waals surface area contributed by atoms with Gasteiger partial charge in [-0.1, -0.05) is 66.7 Å². The molecule has 6 rings (SSSR count). The van der Waals surface area contributed by atoms with Crippen LogP contribution >= 0.6 is 19.3 Å². The summed E-state index contributed by atoms with van der Waals surface area (Å²) in [6.07, 6.45) is -1.78. The van der Waals surface area contributed by atoms with Crippen molar-refractivity contribution in [2.45, 2.75) is 31.9 Å². The van der Waals surface area contributed by atoms with E-state index in [4.69, 9.17) is 35.9 Å². The summed E-state index contributed by atoms with van der Waals surface area (Å²) in [5.41, 5.74) is 6.95. The number of carbonyl (C=O) groups is 1. The highest BCUT2D eigenvalue weighted by molar-refractivity contribution is 7.52. The van der Waals surface area contributed by atoms with Crippen LogP contribution in [0.5, 0.6) is 5.75 Å². The molecule has 1 aliphatic rings. The number of aliphatic hydroxyl groups excluding tert-OH is 2. The fourth-order valence-electron chi connectivity index (χ4n) is 4.78. The van der Waals surface area contributed by atoms with Crippen LogP contribution in [0, 0.1) is 0 Å². The lowest BCUT2D eigenvalue weighted by atomic mass is 10.1. The predicted octanol–water partition coefficient (Wildman–Crippen LogP) is 4.80. The number of imidazole rings is 1. The van der Waals surface area contributed by atoms with E-state index in [0.29, 0.717) is 5.39 Å². The lowest BCUT2D eigenvalue weighted by Crippen LogP contribution is -2.35. The second-order valence-corrected chi connectivity index (χ2v) is 12.3. The van der Waals surface area contributed by atoms with Crippen molar-refractivity contribution < 1.29 is 38.1 Å². The van der Waals surface area contributed by atoms with Crippen molar-refractivity contribution in [3.8, 4) is 5.75 Å². The molecule has 2 unspecified atom stereocenters. The Kier molecular flexibility index (Phi) is 8.80. The molecule has 0 amide bonds. The summed E-state index contributed by atoms with van der Waals surface area (Å²) in [7, 11) is -4.43. The number of aromatic nitrogens is 4. The van der Waals surface area contributed by atoms with Gasteiger partial charge in [0.05, 0.1) is 0 Å². The maximum Gasteiger partial charge on any atom is 0.459 e. The average molecular weight is 667 g/mol. The van der Waals surface area contributed by atoms with Gasteiger partial charge in [-0.2, -0.15) is 5.09 Å². The highest BCUT2D eigenvalue weighted by Crippen LogP contribution is 2.48. The monoisotopic (exact) mass is 666 g/mol. The maximum absolute atomic E-state index is 14.3. The number of rotatable bonds is 11. The minimum Gasteiger partial charge on any atom is -0.506 e. The average Bonchev–Trinajstić information content (AvgIpc) is 3.54. The van der Waals surface area contributed by atoms with E-state index in [9.17, 15) is 19.6 Å². The molecule has 2 aromatic heterocycles. The van der Waals surface area contributed by atoms with Crippen molar-refractivity contribution >= 4 is 53.1 Å². The zero-order chi connectivity index (χ0) is 32.4. The fraction of sp³-hybridized carbons (Fsp3) is 0.200. The number of esters is 1. The number of anilines is 1. The second kappa shape index (κ2) is 12.9. The summed E-state index contributed by atoms with van der Waals surface area (Å²) < 4.78 is 38.4. The van der Waals surface area contributed by atoms with Gasteiger partial charge >= 0.3 is 13.7 Å². The number of ether oxygens (including phenoxy) is 2. The van der Waals surface area contributed by atoms with Crippen molar-refractivity contribution in [1.29, 1.82) is 0 Å². The molecule has 14 nitrogen and oxygen atoms in total. The minimum atomic E-state index is -4.43. The Morgan fingerprint density at radius 2 is 1.85 bits per heavy atom. The van der Waals surface area contributed by atoms with Crippen molar-refractivity contribution in [2.75, 3.05) is 12.3 Å².